The van der Waals surface area contributed by atoms with Gasteiger partial charge in [-0.25, -0.2) is 0 Å². The monoisotopic (exact) mass is 226 g/mol. The summed E-state index contributed by atoms with van der Waals surface area (Å²) in [4.78, 5) is 2.63. The van der Waals surface area contributed by atoms with Crippen molar-refractivity contribution in [2.75, 3.05) is 19.6 Å². The maximum atomic E-state index is 6.02. The Kier molecular flexibility index (Phi) is 4.81. The molecule has 0 aromatic carbocycles. The van der Waals surface area contributed by atoms with E-state index in [-0.39, 0.29) is 5.54 Å². The average Bonchev–Trinajstić information content (AvgIpc) is 2.56. The number of rotatable bonds is 5. The lowest BCUT2D eigenvalue weighted by atomic mass is 9.90. The summed E-state index contributed by atoms with van der Waals surface area (Å²) in [5.74, 6) is 2.43. The molecular weight excluding hydrogens is 196 g/mol. The second-order valence-electron chi connectivity index (χ2n) is 6.49. The lowest BCUT2D eigenvalue weighted by Crippen LogP contribution is -2.50. The second-order valence-corrected chi connectivity index (χ2v) is 6.49. The molecule has 1 rings (SSSR count). The average molecular weight is 226 g/mol. The van der Waals surface area contributed by atoms with Crippen molar-refractivity contribution in [2.24, 2.45) is 23.5 Å². The number of nitrogens with zero attached hydrogens (tertiary/aromatic N) is 1. The number of hydrogen-bond acceptors (Lipinski definition) is 2. The third-order valence-electron chi connectivity index (χ3n) is 4.45. The largest absolute Gasteiger partial charge is 0.329 e. The quantitative estimate of drug-likeness (QED) is 0.781. The van der Waals surface area contributed by atoms with E-state index in [0.717, 1.165) is 24.3 Å². The van der Waals surface area contributed by atoms with Crippen molar-refractivity contribution >= 4 is 0 Å². The molecule has 0 aliphatic carbocycles. The summed E-state index contributed by atoms with van der Waals surface area (Å²) < 4.78 is 0. The van der Waals surface area contributed by atoms with E-state index in [2.05, 4.69) is 39.5 Å². The van der Waals surface area contributed by atoms with Crippen LogP contribution in [0.5, 0.6) is 0 Å². The zero-order valence-corrected chi connectivity index (χ0v) is 11.8. The Hall–Kier alpha value is -0.0800. The Morgan fingerprint density at radius 1 is 1.25 bits per heavy atom. The van der Waals surface area contributed by atoms with Crippen molar-refractivity contribution in [3.63, 3.8) is 0 Å². The van der Waals surface area contributed by atoms with Gasteiger partial charge in [-0.2, -0.15) is 0 Å². The summed E-state index contributed by atoms with van der Waals surface area (Å²) >= 11 is 0. The van der Waals surface area contributed by atoms with Gasteiger partial charge in [0.25, 0.3) is 0 Å². The lowest BCUT2D eigenvalue weighted by molar-refractivity contribution is 0.118. The van der Waals surface area contributed by atoms with Crippen LogP contribution in [0.4, 0.5) is 0 Å². The molecule has 2 heteroatoms. The molecule has 1 saturated heterocycles. The Morgan fingerprint density at radius 3 is 2.12 bits per heavy atom. The van der Waals surface area contributed by atoms with Crippen LogP contribution < -0.4 is 5.73 Å². The van der Waals surface area contributed by atoms with Gasteiger partial charge in [0, 0.05) is 25.2 Å². The minimum Gasteiger partial charge on any atom is -0.329 e. The van der Waals surface area contributed by atoms with E-state index in [9.17, 15) is 0 Å². The third-order valence-corrected chi connectivity index (χ3v) is 4.45. The number of nitrogens with two attached hydrogens (primary N) is 1. The molecule has 1 aliphatic heterocycles. The van der Waals surface area contributed by atoms with Gasteiger partial charge >= 0.3 is 0 Å². The summed E-state index contributed by atoms with van der Waals surface area (Å²) in [6.45, 7) is 14.9. The lowest BCUT2D eigenvalue weighted by Gasteiger charge is -2.39. The molecule has 1 fully saturated rings. The predicted molar refractivity (Wildman–Crippen MR) is 71.4 cm³/mol. The SMILES string of the molecule is CC(C)CCC(C)(CN)N1CC(C)C(C)C1. The Bertz CT molecular complexity index is 205. The highest BCUT2D eigenvalue weighted by Gasteiger charge is 2.37. The molecule has 0 aromatic rings. The molecule has 0 bridgehead atoms. The first kappa shape index (κ1) is 14.0. The molecule has 3 unspecified atom stereocenters. The minimum atomic E-state index is 0.225. The molecule has 0 saturated carbocycles. The molecule has 0 radical (unpaired) electrons. The first-order chi connectivity index (χ1) is 7.39. The number of hydrogen-bond donors (Lipinski definition) is 1. The maximum Gasteiger partial charge on any atom is 0.0303 e. The van der Waals surface area contributed by atoms with E-state index in [1.807, 2.05) is 0 Å². The van der Waals surface area contributed by atoms with Crippen LogP contribution in [-0.4, -0.2) is 30.1 Å². The predicted octanol–water partition coefficient (Wildman–Crippen LogP) is 2.73. The van der Waals surface area contributed by atoms with Crippen molar-refractivity contribution in [1.29, 1.82) is 0 Å². The first-order valence-corrected chi connectivity index (χ1v) is 6.84. The van der Waals surface area contributed by atoms with Gasteiger partial charge in [0.2, 0.25) is 0 Å². The summed E-state index contributed by atoms with van der Waals surface area (Å²) in [6, 6.07) is 0. The Labute approximate surface area is 102 Å². The van der Waals surface area contributed by atoms with Gasteiger partial charge in [0.1, 0.15) is 0 Å². The summed E-state index contributed by atoms with van der Waals surface area (Å²) in [7, 11) is 0. The smallest absolute Gasteiger partial charge is 0.0303 e. The standard InChI is InChI=1S/C14H30N2/c1-11(2)6-7-14(5,10-15)16-8-12(3)13(4)9-16/h11-13H,6-10,15H2,1-5H3. The number of likely N-dealkylation sites (tertiary alicyclic amines) is 1. The van der Waals surface area contributed by atoms with Crippen molar-refractivity contribution in [3.8, 4) is 0 Å². The fourth-order valence-electron chi connectivity index (χ4n) is 2.56. The molecule has 1 aliphatic rings. The highest BCUT2D eigenvalue weighted by atomic mass is 15.2. The van der Waals surface area contributed by atoms with Crippen molar-refractivity contribution in [2.45, 2.75) is 53.0 Å². The third kappa shape index (κ3) is 3.21. The van der Waals surface area contributed by atoms with Gasteiger partial charge in [0.15, 0.2) is 0 Å². The van der Waals surface area contributed by atoms with Crippen molar-refractivity contribution < 1.29 is 0 Å². The van der Waals surface area contributed by atoms with E-state index in [0.29, 0.717) is 0 Å². The summed E-state index contributed by atoms with van der Waals surface area (Å²) in [5.41, 5.74) is 6.25. The molecule has 0 amide bonds. The van der Waals surface area contributed by atoms with E-state index >= 15 is 0 Å². The van der Waals surface area contributed by atoms with Crippen LogP contribution in [0, 0.1) is 17.8 Å². The Morgan fingerprint density at radius 2 is 1.75 bits per heavy atom. The van der Waals surface area contributed by atoms with Crippen LogP contribution in [0.15, 0.2) is 0 Å². The summed E-state index contributed by atoms with van der Waals surface area (Å²) in [6.07, 6.45) is 2.52. The van der Waals surface area contributed by atoms with E-state index in [1.165, 1.54) is 25.9 Å². The van der Waals surface area contributed by atoms with Gasteiger partial charge in [-0.3, -0.25) is 4.90 Å². The molecule has 2 N–H and O–H groups in total. The second kappa shape index (κ2) is 5.50. The van der Waals surface area contributed by atoms with Gasteiger partial charge in [-0.05, 0) is 37.5 Å². The van der Waals surface area contributed by atoms with Crippen molar-refractivity contribution in [1.82, 2.24) is 4.90 Å². The van der Waals surface area contributed by atoms with Crippen LogP contribution >= 0.6 is 0 Å². The Balaban J connectivity index is 2.58. The minimum absolute atomic E-state index is 0.225. The van der Waals surface area contributed by atoms with Crippen LogP contribution in [-0.2, 0) is 0 Å². The fourth-order valence-corrected chi connectivity index (χ4v) is 2.56. The molecule has 16 heavy (non-hydrogen) atoms. The molecule has 96 valence electrons. The van der Waals surface area contributed by atoms with Crippen LogP contribution in [0.2, 0.25) is 0 Å². The molecular formula is C14H30N2. The fraction of sp³-hybridized carbons (Fsp3) is 1.00. The van der Waals surface area contributed by atoms with E-state index in [1.54, 1.807) is 0 Å². The molecule has 1 heterocycles. The van der Waals surface area contributed by atoms with E-state index in [4.69, 9.17) is 5.73 Å². The first-order valence-electron chi connectivity index (χ1n) is 6.84. The normalized spacial score (nSPS) is 30.9. The van der Waals surface area contributed by atoms with Gasteiger partial charge in [0.05, 0.1) is 0 Å². The molecule has 0 aromatic heterocycles. The molecule has 3 atom stereocenters. The van der Waals surface area contributed by atoms with Crippen LogP contribution in [0.1, 0.15) is 47.5 Å². The van der Waals surface area contributed by atoms with Crippen LogP contribution in [0.25, 0.3) is 0 Å². The van der Waals surface area contributed by atoms with E-state index < -0.39 is 0 Å². The molecule has 0 spiro atoms. The zero-order chi connectivity index (χ0) is 12.3. The highest BCUT2D eigenvalue weighted by molar-refractivity contribution is 4.93. The van der Waals surface area contributed by atoms with Crippen molar-refractivity contribution in [3.05, 3.63) is 0 Å². The van der Waals surface area contributed by atoms with Gasteiger partial charge < -0.3 is 5.73 Å². The maximum absolute atomic E-state index is 6.02. The summed E-state index contributed by atoms with van der Waals surface area (Å²) in [5, 5.41) is 0. The molecule has 2 nitrogen and oxygen atoms in total. The topological polar surface area (TPSA) is 29.3 Å². The highest BCUT2D eigenvalue weighted by Crippen LogP contribution is 2.31. The van der Waals surface area contributed by atoms with Crippen LogP contribution in [0.3, 0.4) is 0 Å². The van der Waals surface area contributed by atoms with Gasteiger partial charge in [-0.15, -0.1) is 0 Å². The van der Waals surface area contributed by atoms with Gasteiger partial charge in [-0.1, -0.05) is 27.7 Å². The zero-order valence-electron chi connectivity index (χ0n) is 11.8.